The van der Waals surface area contributed by atoms with Crippen LogP contribution in [-0.4, -0.2) is 29.1 Å². The molecule has 12 heteroatoms. The topological polar surface area (TPSA) is 61.4 Å². The Balaban J connectivity index is 1.18. The van der Waals surface area contributed by atoms with E-state index < -0.39 is 23.5 Å². The third-order valence-corrected chi connectivity index (χ3v) is 11.5. The molecule has 0 aliphatic carbocycles. The van der Waals surface area contributed by atoms with Gasteiger partial charge in [0.15, 0.2) is 17.5 Å². The predicted octanol–water partition coefficient (Wildman–Crippen LogP) is 14.2. The van der Waals surface area contributed by atoms with Gasteiger partial charge in [0.25, 0.3) is 0 Å². The Morgan fingerprint density at radius 2 is 0.844 bits per heavy atom. The van der Waals surface area contributed by atoms with Crippen LogP contribution < -0.4 is 0 Å². The highest BCUT2D eigenvalue weighted by molar-refractivity contribution is 6.11. The van der Waals surface area contributed by atoms with Crippen LogP contribution in [0.3, 0.4) is 0 Å². The molecule has 0 bridgehead atoms. The molecule has 64 heavy (non-hydrogen) atoms. The summed E-state index contributed by atoms with van der Waals surface area (Å²) in [6.45, 7) is 0. The minimum absolute atomic E-state index is 0.372. The van der Waals surface area contributed by atoms with Gasteiger partial charge in [0.2, 0.25) is 0 Å². The molecular weight excluding hydrogens is 823 g/mol. The van der Waals surface area contributed by atoms with E-state index in [2.05, 4.69) is 0 Å². The normalized spacial score (nSPS) is 12.2. The fraction of sp³-hybridized carbons (Fsp3) is 0.0385. The first-order valence-electron chi connectivity index (χ1n) is 20.2. The highest BCUT2D eigenvalue weighted by atomic mass is 19.4. The molecular formula is C52H30F6N6. The SMILES string of the molecule is FC(F)(F)c1ccc2c(c1)c1ccccc1n2-c1ccnc(-c2cc(-c3nc(-c4ccccc4)nc(-c4ccccc4)n3)ccc2-n2c3ccccc3c3cc(C(F)(F)F)ccc32)c1. The molecule has 6 nitrogen and oxygen atoms in total. The Morgan fingerprint density at radius 1 is 0.375 bits per heavy atom. The van der Waals surface area contributed by atoms with Gasteiger partial charge in [-0.3, -0.25) is 4.98 Å². The lowest BCUT2D eigenvalue weighted by molar-refractivity contribution is -0.138. The van der Waals surface area contributed by atoms with E-state index in [0.29, 0.717) is 89.3 Å². The minimum atomic E-state index is -4.56. The van der Waals surface area contributed by atoms with E-state index in [1.807, 2.05) is 118 Å². The van der Waals surface area contributed by atoms with Crippen LogP contribution in [0, 0.1) is 0 Å². The van der Waals surface area contributed by atoms with E-state index >= 15 is 0 Å². The quantitative estimate of drug-likeness (QED) is 0.156. The third kappa shape index (κ3) is 6.62. The summed E-state index contributed by atoms with van der Waals surface area (Å²) in [6.07, 6.45) is -7.46. The van der Waals surface area contributed by atoms with Crippen molar-refractivity contribution < 1.29 is 26.3 Å². The van der Waals surface area contributed by atoms with Crippen LogP contribution in [0.25, 0.3) is 100 Å². The maximum atomic E-state index is 14.1. The lowest BCUT2D eigenvalue weighted by atomic mass is 10.0. The van der Waals surface area contributed by atoms with Crippen molar-refractivity contribution in [3.63, 3.8) is 0 Å². The molecule has 11 rings (SSSR count). The maximum absolute atomic E-state index is 14.1. The standard InChI is InChI=1S/C52H30F6N6/c53-51(54,55)34-20-23-45-39(28-34)37-15-7-9-17-43(37)63(45)36-25-26-59-42(30-36)41-27-33(50-61-48(31-11-3-1-4-12-31)60-49(62-50)32-13-5-2-6-14-32)19-22-47(41)64-44-18-10-8-16-38(44)40-29-35(52(56,57)58)21-24-46(40)64/h1-30H. The van der Waals surface area contributed by atoms with Crippen LogP contribution in [0.1, 0.15) is 11.1 Å². The summed E-state index contributed by atoms with van der Waals surface area (Å²) >= 11 is 0. The lowest BCUT2D eigenvalue weighted by Gasteiger charge is -2.17. The molecule has 0 fully saturated rings. The molecule has 0 aliphatic rings. The molecule has 0 unspecified atom stereocenters. The smallest absolute Gasteiger partial charge is 0.309 e. The van der Waals surface area contributed by atoms with E-state index in [-0.39, 0.29) is 0 Å². The van der Waals surface area contributed by atoms with E-state index in [1.165, 1.54) is 24.3 Å². The number of pyridine rings is 1. The first-order valence-corrected chi connectivity index (χ1v) is 20.2. The predicted molar refractivity (Wildman–Crippen MR) is 238 cm³/mol. The average Bonchev–Trinajstić information content (AvgIpc) is 3.83. The number of alkyl halides is 6. The van der Waals surface area contributed by atoms with Crippen molar-refractivity contribution >= 4 is 43.6 Å². The van der Waals surface area contributed by atoms with Crippen molar-refractivity contribution in [2.45, 2.75) is 12.4 Å². The number of halogens is 6. The molecule has 0 spiro atoms. The largest absolute Gasteiger partial charge is 0.416 e. The van der Waals surface area contributed by atoms with Crippen molar-refractivity contribution in [2.75, 3.05) is 0 Å². The number of benzene rings is 7. The van der Waals surface area contributed by atoms with Crippen LogP contribution in [0.5, 0.6) is 0 Å². The molecule has 4 aromatic heterocycles. The second kappa shape index (κ2) is 14.8. The summed E-state index contributed by atoms with van der Waals surface area (Å²) in [5.74, 6) is 1.28. The number of hydrogen-bond donors (Lipinski definition) is 0. The van der Waals surface area contributed by atoms with Crippen LogP contribution >= 0.6 is 0 Å². The van der Waals surface area contributed by atoms with Gasteiger partial charge in [-0.25, -0.2) is 15.0 Å². The second-order valence-electron chi connectivity index (χ2n) is 15.3. The van der Waals surface area contributed by atoms with Crippen LogP contribution in [0.2, 0.25) is 0 Å². The van der Waals surface area contributed by atoms with Gasteiger partial charge in [0, 0.05) is 55.7 Å². The zero-order valence-corrected chi connectivity index (χ0v) is 33.3. The van der Waals surface area contributed by atoms with Gasteiger partial charge < -0.3 is 9.13 Å². The van der Waals surface area contributed by atoms with E-state index in [4.69, 9.17) is 19.9 Å². The van der Waals surface area contributed by atoms with Crippen molar-refractivity contribution in [1.29, 1.82) is 0 Å². The van der Waals surface area contributed by atoms with Gasteiger partial charge in [-0.05, 0) is 78.9 Å². The van der Waals surface area contributed by atoms with Gasteiger partial charge in [0.1, 0.15) is 0 Å². The van der Waals surface area contributed by atoms with E-state index in [1.54, 1.807) is 36.5 Å². The van der Waals surface area contributed by atoms with Gasteiger partial charge in [-0.15, -0.1) is 0 Å². The Kier molecular flexibility index (Phi) is 8.95. The number of para-hydroxylation sites is 2. The monoisotopic (exact) mass is 852 g/mol. The Hall–Kier alpha value is -8.12. The first kappa shape index (κ1) is 38.8. The minimum Gasteiger partial charge on any atom is -0.309 e. The number of rotatable bonds is 6. The van der Waals surface area contributed by atoms with Crippen LogP contribution in [0.4, 0.5) is 26.3 Å². The maximum Gasteiger partial charge on any atom is 0.416 e. The molecule has 0 amide bonds. The fourth-order valence-electron chi connectivity index (χ4n) is 8.55. The Bertz CT molecular complexity index is 3540. The molecule has 7 aromatic carbocycles. The zero-order valence-electron chi connectivity index (χ0n) is 33.3. The molecule has 310 valence electrons. The Morgan fingerprint density at radius 3 is 1.39 bits per heavy atom. The third-order valence-electron chi connectivity index (χ3n) is 11.5. The van der Waals surface area contributed by atoms with E-state index in [9.17, 15) is 26.3 Å². The van der Waals surface area contributed by atoms with Crippen LogP contribution in [-0.2, 0) is 12.4 Å². The van der Waals surface area contributed by atoms with Crippen molar-refractivity contribution in [2.24, 2.45) is 0 Å². The van der Waals surface area contributed by atoms with Gasteiger partial charge in [-0.1, -0.05) is 97.1 Å². The van der Waals surface area contributed by atoms with Gasteiger partial charge in [0.05, 0.1) is 44.6 Å². The van der Waals surface area contributed by atoms with Crippen LogP contribution in [0.15, 0.2) is 182 Å². The van der Waals surface area contributed by atoms with Gasteiger partial charge in [-0.2, -0.15) is 26.3 Å². The number of aromatic nitrogens is 6. The number of nitrogens with zero attached hydrogens (tertiary/aromatic N) is 6. The first-order chi connectivity index (χ1) is 31.0. The highest BCUT2D eigenvalue weighted by Gasteiger charge is 2.32. The highest BCUT2D eigenvalue weighted by Crippen LogP contribution is 2.42. The molecule has 0 N–H and O–H groups in total. The second-order valence-corrected chi connectivity index (χ2v) is 15.3. The summed E-state index contributed by atoms with van der Waals surface area (Å²) in [5.41, 5.74) is 5.43. The van der Waals surface area contributed by atoms with Gasteiger partial charge >= 0.3 is 12.4 Å². The molecule has 0 radical (unpaired) electrons. The molecule has 0 aliphatic heterocycles. The van der Waals surface area contributed by atoms with E-state index in [0.717, 1.165) is 23.3 Å². The molecule has 0 atom stereocenters. The van der Waals surface area contributed by atoms with Crippen molar-refractivity contribution in [3.05, 3.63) is 193 Å². The summed E-state index contributed by atoms with van der Waals surface area (Å²) in [6, 6.07) is 50.5. The average molecular weight is 853 g/mol. The summed E-state index contributed by atoms with van der Waals surface area (Å²) in [4.78, 5) is 19.7. The Labute approximate surface area is 360 Å². The number of hydrogen-bond acceptors (Lipinski definition) is 4. The number of fused-ring (bicyclic) bond motifs is 6. The fourth-order valence-corrected chi connectivity index (χ4v) is 8.55. The molecule has 11 aromatic rings. The van der Waals surface area contributed by atoms with Crippen molar-refractivity contribution in [3.8, 4) is 56.8 Å². The molecule has 0 saturated carbocycles. The lowest BCUT2D eigenvalue weighted by Crippen LogP contribution is -2.05. The molecule has 0 saturated heterocycles. The molecule has 4 heterocycles. The zero-order chi connectivity index (χ0) is 43.7. The summed E-state index contributed by atoms with van der Waals surface area (Å²) in [7, 11) is 0. The summed E-state index contributed by atoms with van der Waals surface area (Å²) < 4.78 is 88.3. The van der Waals surface area contributed by atoms with Crippen molar-refractivity contribution in [1.82, 2.24) is 29.1 Å². The summed E-state index contributed by atoms with van der Waals surface area (Å²) in [5, 5.41) is 2.13.